The van der Waals surface area contributed by atoms with Crippen molar-refractivity contribution in [2.75, 3.05) is 6.67 Å². The molecule has 0 aliphatic rings. The summed E-state index contributed by atoms with van der Waals surface area (Å²) in [6.07, 6.45) is 3.91. The van der Waals surface area contributed by atoms with Crippen LogP contribution in [0.2, 0.25) is 0 Å². The summed E-state index contributed by atoms with van der Waals surface area (Å²) >= 11 is 0. The molecule has 2 aromatic carbocycles. The summed E-state index contributed by atoms with van der Waals surface area (Å²) in [5.74, 6) is -1.64. The molecule has 0 bridgehead atoms. The molecule has 0 N–H and O–H groups in total. The Morgan fingerprint density at radius 2 is 1.65 bits per heavy atom. The predicted molar refractivity (Wildman–Crippen MR) is 76.2 cm³/mol. The number of halogens is 3. The third kappa shape index (κ3) is 3.10. The van der Waals surface area contributed by atoms with Crippen LogP contribution in [0.5, 0.6) is 0 Å². The van der Waals surface area contributed by atoms with Gasteiger partial charge in [-0.3, -0.25) is 4.39 Å². The van der Waals surface area contributed by atoms with Crippen LogP contribution in [-0.2, 0) is 0 Å². The lowest BCUT2D eigenvalue weighted by molar-refractivity contribution is 0.501. The first kappa shape index (κ1) is 14.4. The summed E-state index contributed by atoms with van der Waals surface area (Å²) in [6, 6.07) is 10.2. The number of benzene rings is 2. The second kappa shape index (κ2) is 6.42. The van der Waals surface area contributed by atoms with Gasteiger partial charge >= 0.3 is 0 Å². The Hall–Kier alpha value is -2.03. The Morgan fingerprint density at radius 3 is 2.30 bits per heavy atom. The van der Waals surface area contributed by atoms with Gasteiger partial charge in [-0.05, 0) is 30.0 Å². The molecule has 3 heteroatoms. The molecular formula is C17H15F3. The average Bonchev–Trinajstić information content (AvgIpc) is 2.46. The van der Waals surface area contributed by atoms with Gasteiger partial charge in [0, 0.05) is 5.56 Å². The minimum atomic E-state index is -0.828. The zero-order chi connectivity index (χ0) is 14.5. The topological polar surface area (TPSA) is 0 Å². The monoisotopic (exact) mass is 276 g/mol. The average molecular weight is 276 g/mol. The molecule has 0 radical (unpaired) electrons. The normalized spacial score (nSPS) is 11.2. The molecular weight excluding hydrogens is 261 g/mol. The van der Waals surface area contributed by atoms with Gasteiger partial charge in [-0.25, -0.2) is 8.78 Å². The van der Waals surface area contributed by atoms with Gasteiger partial charge < -0.3 is 0 Å². The Bertz CT molecular complexity index is 613. The number of hydrogen-bond acceptors (Lipinski definition) is 0. The molecule has 20 heavy (non-hydrogen) atoms. The van der Waals surface area contributed by atoms with Gasteiger partial charge in [0.2, 0.25) is 0 Å². The highest BCUT2D eigenvalue weighted by molar-refractivity contribution is 5.66. The highest BCUT2D eigenvalue weighted by atomic mass is 19.2. The summed E-state index contributed by atoms with van der Waals surface area (Å²) in [4.78, 5) is 0. The molecule has 0 nitrogen and oxygen atoms in total. The van der Waals surface area contributed by atoms with Crippen LogP contribution in [0.3, 0.4) is 0 Å². The first-order valence-electron chi connectivity index (χ1n) is 6.41. The van der Waals surface area contributed by atoms with Crippen LogP contribution in [0.15, 0.2) is 42.5 Å². The van der Waals surface area contributed by atoms with Crippen molar-refractivity contribution in [2.45, 2.75) is 13.3 Å². The van der Waals surface area contributed by atoms with Crippen molar-refractivity contribution in [2.24, 2.45) is 0 Å². The fourth-order valence-electron chi connectivity index (χ4n) is 1.93. The smallest absolute Gasteiger partial charge is 0.166 e. The van der Waals surface area contributed by atoms with Crippen molar-refractivity contribution in [3.05, 3.63) is 65.2 Å². The van der Waals surface area contributed by atoms with E-state index in [-0.39, 0.29) is 17.8 Å². The standard InChI is InChI=1S/C17H15F3/c1-12-5-10-15(17(20)16(12)19)14-8-6-13(7-9-14)4-2-3-11-18/h2,4-10H,3,11H2,1H3/b4-2+. The maximum atomic E-state index is 13.9. The molecule has 0 saturated carbocycles. The third-order valence-corrected chi connectivity index (χ3v) is 3.08. The molecule has 104 valence electrons. The van der Waals surface area contributed by atoms with Crippen LogP contribution < -0.4 is 0 Å². The second-order valence-corrected chi connectivity index (χ2v) is 4.56. The Labute approximate surface area is 116 Å². The summed E-state index contributed by atoms with van der Waals surface area (Å²) < 4.78 is 39.4. The van der Waals surface area contributed by atoms with E-state index in [0.29, 0.717) is 12.0 Å². The van der Waals surface area contributed by atoms with Gasteiger partial charge in [0.1, 0.15) is 0 Å². The van der Waals surface area contributed by atoms with Crippen molar-refractivity contribution in [3.63, 3.8) is 0 Å². The minimum absolute atomic E-state index is 0.243. The molecule has 0 aliphatic heterocycles. The van der Waals surface area contributed by atoms with E-state index in [2.05, 4.69) is 0 Å². The Balaban J connectivity index is 2.29. The molecule has 0 amide bonds. The van der Waals surface area contributed by atoms with E-state index in [1.54, 1.807) is 48.6 Å². The van der Waals surface area contributed by atoms with Crippen LogP contribution in [0.25, 0.3) is 17.2 Å². The molecule has 0 unspecified atom stereocenters. The van der Waals surface area contributed by atoms with Gasteiger partial charge in [0.05, 0.1) is 6.67 Å². The fraction of sp³-hybridized carbons (Fsp3) is 0.176. The lowest BCUT2D eigenvalue weighted by Gasteiger charge is -2.06. The van der Waals surface area contributed by atoms with E-state index >= 15 is 0 Å². The van der Waals surface area contributed by atoms with Crippen LogP contribution in [-0.4, -0.2) is 6.67 Å². The van der Waals surface area contributed by atoms with Crippen molar-refractivity contribution in [3.8, 4) is 11.1 Å². The molecule has 0 aliphatic carbocycles. The molecule has 0 aromatic heterocycles. The number of allylic oxidation sites excluding steroid dienone is 1. The van der Waals surface area contributed by atoms with Gasteiger partial charge in [-0.2, -0.15) is 0 Å². The molecule has 2 rings (SSSR count). The van der Waals surface area contributed by atoms with Gasteiger partial charge in [-0.15, -0.1) is 0 Å². The van der Waals surface area contributed by atoms with Crippen molar-refractivity contribution in [1.82, 2.24) is 0 Å². The SMILES string of the molecule is Cc1ccc(-c2ccc(/C=C/CCF)cc2)c(F)c1F. The summed E-state index contributed by atoms with van der Waals surface area (Å²) in [5, 5.41) is 0. The van der Waals surface area contributed by atoms with E-state index in [0.717, 1.165) is 5.56 Å². The second-order valence-electron chi connectivity index (χ2n) is 4.56. The summed E-state index contributed by atoms with van der Waals surface area (Å²) in [5.41, 5.74) is 2.05. The Morgan fingerprint density at radius 1 is 0.950 bits per heavy atom. The highest BCUT2D eigenvalue weighted by Crippen LogP contribution is 2.26. The van der Waals surface area contributed by atoms with E-state index in [9.17, 15) is 13.2 Å². The van der Waals surface area contributed by atoms with E-state index < -0.39 is 11.6 Å². The van der Waals surface area contributed by atoms with Gasteiger partial charge in [0.25, 0.3) is 0 Å². The summed E-state index contributed by atoms with van der Waals surface area (Å²) in [6.45, 7) is 1.14. The van der Waals surface area contributed by atoms with Crippen LogP contribution in [0, 0.1) is 18.6 Å². The van der Waals surface area contributed by atoms with Crippen LogP contribution >= 0.6 is 0 Å². The zero-order valence-electron chi connectivity index (χ0n) is 11.2. The molecule has 2 aromatic rings. The van der Waals surface area contributed by atoms with Gasteiger partial charge in [0.15, 0.2) is 11.6 Å². The predicted octanol–water partition coefficient (Wildman–Crippen LogP) is 5.31. The first-order valence-corrected chi connectivity index (χ1v) is 6.41. The van der Waals surface area contributed by atoms with E-state index in [1.807, 2.05) is 0 Å². The Kier molecular flexibility index (Phi) is 4.61. The zero-order valence-corrected chi connectivity index (χ0v) is 11.2. The largest absolute Gasteiger partial charge is 0.251 e. The molecule has 0 saturated heterocycles. The number of hydrogen-bond donors (Lipinski definition) is 0. The van der Waals surface area contributed by atoms with Crippen molar-refractivity contribution >= 4 is 6.08 Å². The molecule has 0 fully saturated rings. The quantitative estimate of drug-likeness (QED) is 0.709. The third-order valence-electron chi connectivity index (χ3n) is 3.08. The number of rotatable bonds is 4. The highest BCUT2D eigenvalue weighted by Gasteiger charge is 2.12. The lowest BCUT2D eigenvalue weighted by Crippen LogP contribution is -1.93. The fourth-order valence-corrected chi connectivity index (χ4v) is 1.93. The first-order chi connectivity index (χ1) is 9.63. The van der Waals surface area contributed by atoms with Gasteiger partial charge in [-0.1, -0.05) is 48.6 Å². The van der Waals surface area contributed by atoms with E-state index in [1.165, 1.54) is 6.92 Å². The maximum Gasteiger partial charge on any atom is 0.166 e. The minimum Gasteiger partial charge on any atom is -0.251 e. The van der Waals surface area contributed by atoms with Crippen LogP contribution in [0.4, 0.5) is 13.2 Å². The lowest BCUT2D eigenvalue weighted by atomic mass is 10.0. The maximum absolute atomic E-state index is 13.9. The molecule has 0 atom stereocenters. The molecule has 0 spiro atoms. The van der Waals surface area contributed by atoms with Crippen LogP contribution in [0.1, 0.15) is 17.5 Å². The van der Waals surface area contributed by atoms with Crippen molar-refractivity contribution in [1.29, 1.82) is 0 Å². The molecule has 0 heterocycles. The summed E-state index contributed by atoms with van der Waals surface area (Å²) in [7, 11) is 0. The van der Waals surface area contributed by atoms with Crippen molar-refractivity contribution < 1.29 is 13.2 Å². The number of aryl methyl sites for hydroxylation is 1. The van der Waals surface area contributed by atoms with E-state index in [4.69, 9.17) is 0 Å². The number of alkyl halides is 1.